The Kier molecular flexibility index (Phi) is 8.08. The first kappa shape index (κ1) is 22.4. The minimum absolute atomic E-state index is 0.621. The van der Waals surface area contributed by atoms with E-state index >= 15 is 0 Å². The zero-order valence-electron chi connectivity index (χ0n) is 18.8. The zero-order chi connectivity index (χ0) is 22.1. The Balaban J connectivity index is 1.60. The first-order valence-electron chi connectivity index (χ1n) is 10.8. The SMILES string of the molecule is C=N/C(=C\C=C(/NC)NN/C(C)=N/N=c1/ccc(N2CCCC2)nn1C)N1CCCC1. The molecule has 3 N–H and O–H groups in total. The fraction of sp³-hybridized carbons (Fsp3) is 0.524. The van der Waals surface area contributed by atoms with Crippen molar-refractivity contribution in [3.05, 3.63) is 41.4 Å². The molecule has 10 nitrogen and oxygen atoms in total. The summed E-state index contributed by atoms with van der Waals surface area (Å²) in [5, 5.41) is 16.3. The molecule has 2 aliphatic heterocycles. The summed E-state index contributed by atoms with van der Waals surface area (Å²) < 4.78 is 1.75. The Morgan fingerprint density at radius 1 is 1.06 bits per heavy atom. The lowest BCUT2D eigenvalue weighted by Crippen LogP contribution is -2.39. The molecule has 2 saturated heterocycles. The van der Waals surface area contributed by atoms with Crippen LogP contribution < -0.4 is 26.6 Å². The van der Waals surface area contributed by atoms with Crippen molar-refractivity contribution in [3.8, 4) is 0 Å². The lowest BCUT2D eigenvalue weighted by atomic mass is 10.4. The topological polar surface area (TPSA) is 97.5 Å². The number of aromatic nitrogens is 2. The van der Waals surface area contributed by atoms with Crippen LogP contribution in [-0.2, 0) is 7.05 Å². The van der Waals surface area contributed by atoms with Crippen molar-refractivity contribution in [1.29, 1.82) is 0 Å². The van der Waals surface area contributed by atoms with E-state index in [1.165, 1.54) is 25.7 Å². The molecule has 1 aromatic heterocycles. The van der Waals surface area contributed by atoms with Gasteiger partial charge in [-0.2, -0.15) is 5.10 Å². The number of hydrazine groups is 1. The van der Waals surface area contributed by atoms with Gasteiger partial charge in [-0.15, -0.1) is 10.2 Å². The van der Waals surface area contributed by atoms with Crippen molar-refractivity contribution >= 4 is 18.4 Å². The molecule has 3 heterocycles. The van der Waals surface area contributed by atoms with Crippen LogP contribution in [-0.4, -0.2) is 60.5 Å². The summed E-state index contributed by atoms with van der Waals surface area (Å²) >= 11 is 0. The predicted octanol–water partition coefficient (Wildman–Crippen LogP) is 1.05. The van der Waals surface area contributed by atoms with Crippen LogP contribution in [0.15, 0.2) is 51.1 Å². The van der Waals surface area contributed by atoms with Gasteiger partial charge in [0.1, 0.15) is 23.3 Å². The van der Waals surface area contributed by atoms with Gasteiger partial charge in [-0.05, 0) is 63.6 Å². The molecule has 1 aromatic rings. The van der Waals surface area contributed by atoms with Gasteiger partial charge in [0.15, 0.2) is 5.49 Å². The molecule has 0 spiro atoms. The molecule has 0 bridgehead atoms. The van der Waals surface area contributed by atoms with Gasteiger partial charge in [0.2, 0.25) is 0 Å². The summed E-state index contributed by atoms with van der Waals surface area (Å²) in [6.45, 7) is 9.71. The Morgan fingerprint density at radius 3 is 2.42 bits per heavy atom. The summed E-state index contributed by atoms with van der Waals surface area (Å²) in [6, 6.07) is 3.94. The Hall–Kier alpha value is -3.30. The van der Waals surface area contributed by atoms with Gasteiger partial charge in [0.05, 0.1) is 0 Å². The van der Waals surface area contributed by atoms with Crippen molar-refractivity contribution < 1.29 is 0 Å². The molecular formula is C21H34N10. The Bertz CT molecular complexity index is 899. The minimum atomic E-state index is 0.621. The van der Waals surface area contributed by atoms with E-state index in [2.05, 4.69) is 53.0 Å². The molecular weight excluding hydrogens is 392 g/mol. The Labute approximate surface area is 184 Å². The smallest absolute Gasteiger partial charge is 0.171 e. The van der Waals surface area contributed by atoms with Gasteiger partial charge in [0, 0.05) is 40.3 Å². The fourth-order valence-corrected chi connectivity index (χ4v) is 3.57. The standard InChI is InChI=1S/C21H34N10/c1-17(24-26-18(22-2)9-10-19(23-3)30-13-5-6-14-30)25-27-20-11-12-21(28-29(20)4)31-15-7-8-16-31/h9-12,22,26H,3,5-8,13-16H2,1-2,4H3,(H,24,25)/b18-9+,19-10+,27-20-. The molecule has 2 fully saturated rings. The van der Waals surface area contributed by atoms with E-state index in [0.29, 0.717) is 11.3 Å². The third-order valence-corrected chi connectivity index (χ3v) is 5.34. The second-order valence-electron chi connectivity index (χ2n) is 7.61. The number of hydrogen-bond acceptors (Lipinski definition) is 8. The quantitative estimate of drug-likeness (QED) is 0.249. The molecule has 0 unspecified atom stereocenters. The van der Waals surface area contributed by atoms with Crippen LogP contribution in [0.3, 0.4) is 0 Å². The number of allylic oxidation sites excluding steroid dienone is 2. The molecule has 0 amide bonds. The molecule has 0 saturated carbocycles. The average molecular weight is 427 g/mol. The summed E-state index contributed by atoms with van der Waals surface area (Å²) in [5.74, 6) is 3.26. The van der Waals surface area contributed by atoms with E-state index in [9.17, 15) is 0 Å². The van der Waals surface area contributed by atoms with Crippen molar-refractivity contribution in [1.82, 2.24) is 30.8 Å². The molecule has 31 heavy (non-hydrogen) atoms. The monoisotopic (exact) mass is 426 g/mol. The maximum atomic E-state index is 4.60. The summed E-state index contributed by atoms with van der Waals surface area (Å²) in [5.41, 5.74) is 6.81. The summed E-state index contributed by atoms with van der Waals surface area (Å²) in [7, 11) is 3.73. The minimum Gasteiger partial charge on any atom is -0.374 e. The molecule has 0 aromatic carbocycles. The van der Waals surface area contributed by atoms with Crippen LogP contribution in [0.2, 0.25) is 0 Å². The number of hydrogen-bond donors (Lipinski definition) is 3. The molecule has 10 heteroatoms. The highest BCUT2D eigenvalue weighted by Crippen LogP contribution is 2.16. The van der Waals surface area contributed by atoms with Gasteiger partial charge in [0.25, 0.3) is 0 Å². The van der Waals surface area contributed by atoms with Crippen molar-refractivity contribution in [2.45, 2.75) is 32.6 Å². The molecule has 3 rings (SSSR count). The van der Waals surface area contributed by atoms with E-state index < -0.39 is 0 Å². The first-order valence-corrected chi connectivity index (χ1v) is 10.8. The van der Waals surface area contributed by atoms with Gasteiger partial charge in [-0.1, -0.05) is 0 Å². The van der Waals surface area contributed by atoms with Crippen LogP contribution in [0.4, 0.5) is 5.82 Å². The number of nitrogens with one attached hydrogen (secondary N) is 3. The highest BCUT2D eigenvalue weighted by Gasteiger charge is 2.14. The largest absolute Gasteiger partial charge is 0.374 e. The molecule has 2 aliphatic rings. The summed E-state index contributed by atoms with van der Waals surface area (Å²) in [6.07, 6.45) is 8.71. The molecule has 0 radical (unpaired) electrons. The third kappa shape index (κ3) is 6.34. The number of amidine groups is 1. The number of aliphatic imine (C=N–C) groups is 1. The molecule has 0 aliphatic carbocycles. The van der Waals surface area contributed by atoms with E-state index in [0.717, 1.165) is 43.6 Å². The van der Waals surface area contributed by atoms with Crippen molar-refractivity contribution in [2.75, 3.05) is 38.1 Å². The van der Waals surface area contributed by atoms with E-state index in [1.54, 1.807) is 4.68 Å². The fourth-order valence-electron chi connectivity index (χ4n) is 3.57. The highest BCUT2D eigenvalue weighted by molar-refractivity contribution is 5.78. The van der Waals surface area contributed by atoms with Gasteiger partial charge in [-0.3, -0.25) is 10.9 Å². The number of aryl methyl sites for hydroxylation is 1. The van der Waals surface area contributed by atoms with Gasteiger partial charge in [-0.25, -0.2) is 9.67 Å². The van der Waals surface area contributed by atoms with Gasteiger partial charge < -0.3 is 15.1 Å². The first-order chi connectivity index (χ1) is 15.1. The summed E-state index contributed by atoms with van der Waals surface area (Å²) in [4.78, 5) is 8.67. The lowest BCUT2D eigenvalue weighted by Gasteiger charge is -2.17. The number of nitrogens with zero attached hydrogens (tertiary/aromatic N) is 7. The highest BCUT2D eigenvalue weighted by atomic mass is 15.4. The van der Waals surface area contributed by atoms with E-state index in [4.69, 9.17) is 0 Å². The van der Waals surface area contributed by atoms with E-state index in [1.807, 2.05) is 45.3 Å². The van der Waals surface area contributed by atoms with Crippen LogP contribution in [0.5, 0.6) is 0 Å². The molecule has 0 atom stereocenters. The number of likely N-dealkylation sites (tertiary alicyclic amines) is 1. The maximum absolute atomic E-state index is 4.60. The van der Waals surface area contributed by atoms with Crippen molar-refractivity contribution in [3.63, 3.8) is 0 Å². The predicted molar refractivity (Wildman–Crippen MR) is 125 cm³/mol. The Morgan fingerprint density at radius 2 is 1.77 bits per heavy atom. The average Bonchev–Trinajstić information content (AvgIpc) is 3.50. The van der Waals surface area contributed by atoms with Crippen molar-refractivity contribution in [2.24, 2.45) is 22.2 Å². The second kappa shape index (κ2) is 11.2. The normalized spacial score (nSPS) is 18.5. The number of rotatable bonds is 8. The van der Waals surface area contributed by atoms with Crippen LogP contribution >= 0.6 is 0 Å². The lowest BCUT2D eigenvalue weighted by molar-refractivity contribution is 0.423. The van der Waals surface area contributed by atoms with Gasteiger partial charge >= 0.3 is 0 Å². The maximum Gasteiger partial charge on any atom is 0.171 e. The van der Waals surface area contributed by atoms with Crippen LogP contribution in [0.1, 0.15) is 32.6 Å². The third-order valence-electron chi connectivity index (χ3n) is 5.34. The van der Waals surface area contributed by atoms with E-state index in [-0.39, 0.29) is 0 Å². The zero-order valence-corrected chi connectivity index (χ0v) is 18.8. The van der Waals surface area contributed by atoms with Crippen LogP contribution in [0, 0.1) is 0 Å². The molecule has 168 valence electrons. The van der Waals surface area contributed by atoms with Crippen LogP contribution in [0.25, 0.3) is 0 Å². The second-order valence-corrected chi connectivity index (χ2v) is 7.61. The number of anilines is 1.